The number of carbonyl (C=O) groups is 1. The number of nitrogens with zero attached hydrogens (tertiary/aromatic N) is 1. The first-order chi connectivity index (χ1) is 11.9. The molecule has 0 saturated heterocycles. The minimum Gasteiger partial charge on any atom is -0.480 e. The predicted molar refractivity (Wildman–Crippen MR) is 103 cm³/mol. The SMILES string of the molecule is CCC(Sc1nc2scc(-c3ccc(C)c(C)c3)c2c(=O)[nH]1)C(=O)O. The fourth-order valence-electron chi connectivity index (χ4n) is 2.55. The number of thiophene rings is 1. The summed E-state index contributed by atoms with van der Waals surface area (Å²) in [6.07, 6.45) is 0.458. The number of fused-ring (bicyclic) bond motifs is 1. The van der Waals surface area contributed by atoms with Crippen molar-refractivity contribution in [3.8, 4) is 11.1 Å². The Morgan fingerprint density at radius 2 is 2.12 bits per heavy atom. The number of nitrogens with one attached hydrogen (secondary N) is 1. The number of H-pyrrole nitrogens is 1. The molecule has 3 aromatic rings. The van der Waals surface area contributed by atoms with Gasteiger partial charge in [0.2, 0.25) is 0 Å². The second kappa shape index (κ2) is 7.01. The summed E-state index contributed by atoms with van der Waals surface area (Å²) >= 11 is 2.47. The lowest BCUT2D eigenvalue weighted by molar-refractivity contribution is -0.136. The van der Waals surface area contributed by atoms with Crippen molar-refractivity contribution in [2.24, 2.45) is 0 Å². The van der Waals surface area contributed by atoms with Gasteiger partial charge in [-0.2, -0.15) is 0 Å². The molecule has 0 aliphatic carbocycles. The van der Waals surface area contributed by atoms with E-state index in [0.717, 1.165) is 22.9 Å². The van der Waals surface area contributed by atoms with Crippen LogP contribution in [0.2, 0.25) is 0 Å². The quantitative estimate of drug-likeness (QED) is 0.516. The van der Waals surface area contributed by atoms with Gasteiger partial charge in [0.1, 0.15) is 10.1 Å². The van der Waals surface area contributed by atoms with Crippen LogP contribution in [0.5, 0.6) is 0 Å². The van der Waals surface area contributed by atoms with Crippen molar-refractivity contribution in [2.75, 3.05) is 0 Å². The molecule has 1 unspecified atom stereocenters. The van der Waals surface area contributed by atoms with Crippen LogP contribution in [0.3, 0.4) is 0 Å². The van der Waals surface area contributed by atoms with E-state index in [4.69, 9.17) is 0 Å². The largest absolute Gasteiger partial charge is 0.480 e. The number of thioether (sulfide) groups is 1. The van der Waals surface area contributed by atoms with Crippen molar-refractivity contribution in [2.45, 2.75) is 37.6 Å². The molecule has 0 aliphatic heterocycles. The Hall–Kier alpha value is -2.12. The molecular weight excluding hydrogens is 356 g/mol. The molecule has 0 bridgehead atoms. The van der Waals surface area contributed by atoms with Crippen molar-refractivity contribution in [3.63, 3.8) is 0 Å². The average molecular weight is 374 g/mol. The molecule has 0 saturated carbocycles. The molecule has 2 heterocycles. The Balaban J connectivity index is 2.06. The lowest BCUT2D eigenvalue weighted by atomic mass is 10.0. The monoisotopic (exact) mass is 374 g/mol. The maximum absolute atomic E-state index is 12.6. The van der Waals surface area contributed by atoms with Crippen LogP contribution in [0, 0.1) is 13.8 Å². The molecule has 0 amide bonds. The van der Waals surface area contributed by atoms with Gasteiger partial charge in [-0.05, 0) is 37.0 Å². The van der Waals surface area contributed by atoms with E-state index in [1.54, 1.807) is 6.92 Å². The van der Waals surface area contributed by atoms with Crippen LogP contribution in [0.1, 0.15) is 24.5 Å². The maximum atomic E-state index is 12.6. The second-order valence-electron chi connectivity index (χ2n) is 5.85. The molecule has 25 heavy (non-hydrogen) atoms. The number of aromatic nitrogens is 2. The van der Waals surface area contributed by atoms with E-state index in [0.29, 0.717) is 21.8 Å². The summed E-state index contributed by atoms with van der Waals surface area (Å²) in [7, 11) is 0. The van der Waals surface area contributed by atoms with Crippen LogP contribution in [-0.4, -0.2) is 26.3 Å². The van der Waals surface area contributed by atoms with Crippen LogP contribution in [0.25, 0.3) is 21.3 Å². The maximum Gasteiger partial charge on any atom is 0.317 e. The molecule has 7 heteroatoms. The Kier molecular flexibility index (Phi) is 4.96. The third-order valence-corrected chi connectivity index (χ3v) is 6.25. The van der Waals surface area contributed by atoms with Gasteiger partial charge in [0, 0.05) is 10.9 Å². The smallest absolute Gasteiger partial charge is 0.317 e. The molecule has 3 rings (SSSR count). The van der Waals surface area contributed by atoms with Gasteiger partial charge in [0.15, 0.2) is 5.16 Å². The molecule has 5 nitrogen and oxygen atoms in total. The van der Waals surface area contributed by atoms with Crippen molar-refractivity contribution >= 4 is 39.3 Å². The van der Waals surface area contributed by atoms with E-state index in [1.165, 1.54) is 22.5 Å². The molecule has 0 fully saturated rings. The average Bonchev–Trinajstić information content (AvgIpc) is 2.99. The van der Waals surface area contributed by atoms with Crippen LogP contribution >= 0.6 is 23.1 Å². The van der Waals surface area contributed by atoms with Gasteiger partial charge in [-0.15, -0.1) is 11.3 Å². The highest BCUT2D eigenvalue weighted by Gasteiger charge is 2.20. The fourth-order valence-corrected chi connectivity index (χ4v) is 4.39. The third-order valence-electron chi connectivity index (χ3n) is 4.14. The summed E-state index contributed by atoms with van der Waals surface area (Å²) in [6.45, 7) is 5.89. The summed E-state index contributed by atoms with van der Waals surface area (Å²) in [6, 6.07) is 6.11. The number of benzene rings is 1. The van der Waals surface area contributed by atoms with Crippen LogP contribution in [-0.2, 0) is 4.79 Å². The Bertz CT molecular complexity index is 1010. The van der Waals surface area contributed by atoms with E-state index >= 15 is 0 Å². The van der Waals surface area contributed by atoms with E-state index in [2.05, 4.69) is 23.0 Å². The zero-order chi connectivity index (χ0) is 18.1. The molecular formula is C18H18N2O3S2. The fraction of sp³-hybridized carbons (Fsp3) is 0.278. The lowest BCUT2D eigenvalue weighted by Gasteiger charge is -2.08. The molecule has 2 aromatic heterocycles. The summed E-state index contributed by atoms with van der Waals surface area (Å²) in [5.41, 5.74) is 3.98. The van der Waals surface area contributed by atoms with E-state index < -0.39 is 11.2 Å². The van der Waals surface area contributed by atoms with Gasteiger partial charge in [-0.3, -0.25) is 9.59 Å². The van der Waals surface area contributed by atoms with Gasteiger partial charge in [0.05, 0.1) is 5.39 Å². The topological polar surface area (TPSA) is 83.0 Å². The summed E-state index contributed by atoms with van der Waals surface area (Å²) < 4.78 is 0. The first-order valence-corrected chi connectivity index (χ1v) is 9.65. The summed E-state index contributed by atoms with van der Waals surface area (Å²) in [5, 5.41) is 11.4. The number of carboxylic acid groups (broad SMARTS) is 1. The lowest BCUT2D eigenvalue weighted by Crippen LogP contribution is -2.17. The van der Waals surface area contributed by atoms with E-state index in [9.17, 15) is 14.7 Å². The Morgan fingerprint density at radius 3 is 2.76 bits per heavy atom. The molecule has 1 atom stereocenters. The zero-order valence-corrected chi connectivity index (χ0v) is 15.8. The van der Waals surface area contributed by atoms with Crippen LogP contribution in [0.15, 0.2) is 33.5 Å². The van der Waals surface area contributed by atoms with Crippen molar-refractivity contribution in [1.82, 2.24) is 9.97 Å². The Labute approximate surface area is 153 Å². The Morgan fingerprint density at radius 1 is 1.36 bits per heavy atom. The molecule has 130 valence electrons. The van der Waals surface area contributed by atoms with Gasteiger partial charge in [-0.1, -0.05) is 36.9 Å². The van der Waals surface area contributed by atoms with E-state index in [1.807, 2.05) is 24.4 Å². The molecule has 1 aromatic carbocycles. The number of rotatable bonds is 5. The number of hydrogen-bond acceptors (Lipinski definition) is 5. The number of aryl methyl sites for hydroxylation is 2. The molecule has 0 spiro atoms. The minimum absolute atomic E-state index is 0.234. The number of hydrogen-bond donors (Lipinski definition) is 2. The van der Waals surface area contributed by atoms with E-state index in [-0.39, 0.29) is 5.56 Å². The number of carboxylic acids is 1. The number of aliphatic carboxylic acids is 1. The number of aromatic amines is 1. The van der Waals surface area contributed by atoms with Crippen molar-refractivity contribution in [1.29, 1.82) is 0 Å². The van der Waals surface area contributed by atoms with Gasteiger partial charge >= 0.3 is 5.97 Å². The first-order valence-electron chi connectivity index (χ1n) is 7.89. The molecule has 0 aliphatic rings. The third kappa shape index (κ3) is 3.48. The minimum atomic E-state index is -0.905. The van der Waals surface area contributed by atoms with Crippen molar-refractivity contribution in [3.05, 3.63) is 45.1 Å². The molecule has 0 radical (unpaired) electrons. The van der Waals surface area contributed by atoms with Crippen molar-refractivity contribution < 1.29 is 9.90 Å². The van der Waals surface area contributed by atoms with Gasteiger partial charge in [-0.25, -0.2) is 4.98 Å². The van der Waals surface area contributed by atoms with Crippen LogP contribution < -0.4 is 5.56 Å². The highest BCUT2D eigenvalue weighted by atomic mass is 32.2. The summed E-state index contributed by atoms with van der Waals surface area (Å²) in [4.78, 5) is 31.6. The summed E-state index contributed by atoms with van der Waals surface area (Å²) in [5.74, 6) is -0.905. The van der Waals surface area contributed by atoms with Crippen LogP contribution in [0.4, 0.5) is 0 Å². The highest BCUT2D eigenvalue weighted by Crippen LogP contribution is 2.33. The standard InChI is InChI=1S/C18H18N2O3S2/c1-4-13(17(22)23)25-18-19-15(21)14-12(8-24-16(14)20-18)11-6-5-9(2)10(3)7-11/h5-8,13H,4H2,1-3H3,(H,22,23)(H,19,20,21). The predicted octanol–water partition coefficient (Wildman–Crippen LogP) is 4.22. The first kappa shape index (κ1) is 17.7. The zero-order valence-electron chi connectivity index (χ0n) is 14.1. The highest BCUT2D eigenvalue weighted by molar-refractivity contribution is 8.00. The second-order valence-corrected chi connectivity index (χ2v) is 7.90. The van der Waals surface area contributed by atoms with Gasteiger partial charge < -0.3 is 10.1 Å². The van der Waals surface area contributed by atoms with Gasteiger partial charge in [0.25, 0.3) is 5.56 Å². The normalized spacial score (nSPS) is 12.4. The molecule has 2 N–H and O–H groups in total.